The first-order valence-corrected chi connectivity index (χ1v) is 9.02. The van der Waals surface area contributed by atoms with Crippen LogP contribution < -0.4 is 10.6 Å². The molecule has 1 saturated heterocycles. The maximum atomic E-state index is 5.67. The highest BCUT2D eigenvalue weighted by Gasteiger charge is 2.24. The number of nitrogens with zero attached hydrogens (tertiary/aromatic N) is 1. The van der Waals surface area contributed by atoms with Gasteiger partial charge in [-0.1, -0.05) is 24.1 Å². The first-order valence-electron chi connectivity index (χ1n) is 8.61. The van der Waals surface area contributed by atoms with E-state index in [0.29, 0.717) is 5.11 Å². The molecule has 3 rings (SSSR count). The number of piperidine rings is 1. The second-order valence-electron chi connectivity index (χ2n) is 6.33. The quantitative estimate of drug-likeness (QED) is 0.800. The molecule has 1 atom stereocenters. The van der Waals surface area contributed by atoms with Gasteiger partial charge in [0.15, 0.2) is 5.11 Å². The highest BCUT2D eigenvalue weighted by atomic mass is 32.1. The Morgan fingerprint density at radius 2 is 1.92 bits per heavy atom. The lowest BCUT2D eigenvalue weighted by molar-refractivity contribution is 0.146. The molecule has 0 aliphatic carbocycles. The fraction of sp³-hybridized carbons (Fsp3) is 0.421. The van der Waals surface area contributed by atoms with Gasteiger partial charge in [-0.15, -0.1) is 0 Å². The van der Waals surface area contributed by atoms with Crippen LogP contribution in [0, 0.1) is 6.92 Å². The normalized spacial score (nSPS) is 16.5. The summed E-state index contributed by atoms with van der Waals surface area (Å²) in [6.07, 6.45) is 5.57. The van der Waals surface area contributed by atoms with E-state index in [0.717, 1.165) is 31.1 Å². The summed E-state index contributed by atoms with van der Waals surface area (Å²) in [5, 5.41) is 7.24. The molecular formula is C19H25N3OS. The van der Waals surface area contributed by atoms with Gasteiger partial charge in [-0.05, 0) is 69.3 Å². The summed E-state index contributed by atoms with van der Waals surface area (Å²) in [6, 6.07) is 12.5. The lowest BCUT2D eigenvalue weighted by atomic mass is 10.1. The first kappa shape index (κ1) is 17.0. The average molecular weight is 343 g/mol. The maximum absolute atomic E-state index is 5.67. The minimum absolute atomic E-state index is 0.220. The molecule has 1 aliphatic rings. The van der Waals surface area contributed by atoms with Crippen molar-refractivity contribution >= 4 is 23.0 Å². The van der Waals surface area contributed by atoms with Gasteiger partial charge < -0.3 is 15.1 Å². The molecule has 2 heterocycles. The average Bonchev–Trinajstić information content (AvgIpc) is 3.12. The zero-order valence-electron chi connectivity index (χ0n) is 14.1. The lowest BCUT2D eigenvalue weighted by Crippen LogP contribution is -2.41. The highest BCUT2D eigenvalue weighted by Crippen LogP contribution is 2.24. The Morgan fingerprint density at radius 1 is 1.17 bits per heavy atom. The summed E-state index contributed by atoms with van der Waals surface area (Å²) in [5.74, 6) is 1.00. The standard InChI is InChI=1S/C19H25N3OS/c1-15-7-9-16(10-8-15)21-19(24)20-14-17(18-6-5-13-23-18)22-11-3-2-4-12-22/h5-10,13,17H,2-4,11-12,14H2,1H3,(H2,20,21,24)/t17-/m1/s1. The minimum Gasteiger partial charge on any atom is -0.468 e. The summed E-state index contributed by atoms with van der Waals surface area (Å²) < 4.78 is 5.67. The Kier molecular flexibility index (Phi) is 5.88. The molecule has 2 aromatic rings. The van der Waals surface area contributed by atoms with E-state index >= 15 is 0 Å². The van der Waals surface area contributed by atoms with Crippen LogP contribution in [0.15, 0.2) is 47.1 Å². The predicted octanol–water partition coefficient (Wildman–Crippen LogP) is 4.10. The van der Waals surface area contributed by atoms with Crippen LogP contribution in [0.3, 0.4) is 0 Å². The van der Waals surface area contributed by atoms with Crippen molar-refractivity contribution in [2.75, 3.05) is 25.0 Å². The topological polar surface area (TPSA) is 40.4 Å². The van der Waals surface area contributed by atoms with Crippen molar-refractivity contribution in [2.45, 2.75) is 32.2 Å². The van der Waals surface area contributed by atoms with E-state index in [9.17, 15) is 0 Å². The number of hydrogen-bond acceptors (Lipinski definition) is 3. The van der Waals surface area contributed by atoms with Crippen molar-refractivity contribution in [3.8, 4) is 0 Å². The van der Waals surface area contributed by atoms with Gasteiger partial charge in [0.25, 0.3) is 0 Å². The molecule has 1 aromatic carbocycles. The van der Waals surface area contributed by atoms with Crippen molar-refractivity contribution in [3.05, 3.63) is 54.0 Å². The molecule has 1 fully saturated rings. The Labute approximate surface area is 149 Å². The van der Waals surface area contributed by atoms with E-state index in [2.05, 4.69) is 40.7 Å². The Balaban J connectivity index is 1.58. The molecule has 1 aromatic heterocycles. The molecule has 128 valence electrons. The number of hydrogen-bond donors (Lipinski definition) is 2. The largest absolute Gasteiger partial charge is 0.468 e. The van der Waals surface area contributed by atoms with Crippen molar-refractivity contribution in [1.82, 2.24) is 10.2 Å². The molecule has 0 spiro atoms. The highest BCUT2D eigenvalue weighted by molar-refractivity contribution is 7.80. The third-order valence-corrected chi connectivity index (χ3v) is 4.71. The summed E-state index contributed by atoms with van der Waals surface area (Å²) in [5.41, 5.74) is 2.24. The van der Waals surface area contributed by atoms with Gasteiger partial charge in [-0.3, -0.25) is 4.90 Å². The van der Waals surface area contributed by atoms with Crippen molar-refractivity contribution in [1.29, 1.82) is 0 Å². The minimum atomic E-state index is 0.220. The summed E-state index contributed by atoms with van der Waals surface area (Å²) >= 11 is 5.45. The van der Waals surface area contributed by atoms with Gasteiger partial charge in [-0.2, -0.15) is 0 Å². The molecule has 1 aliphatic heterocycles. The smallest absolute Gasteiger partial charge is 0.170 e. The fourth-order valence-electron chi connectivity index (χ4n) is 3.12. The van der Waals surface area contributed by atoms with Crippen LogP contribution in [0.2, 0.25) is 0 Å². The molecule has 0 unspecified atom stereocenters. The number of furan rings is 1. The zero-order valence-corrected chi connectivity index (χ0v) is 14.9. The molecule has 5 heteroatoms. The van der Waals surface area contributed by atoms with Gasteiger partial charge in [0, 0.05) is 12.2 Å². The van der Waals surface area contributed by atoms with Crippen LogP contribution in [0.25, 0.3) is 0 Å². The number of likely N-dealkylation sites (tertiary alicyclic amines) is 1. The van der Waals surface area contributed by atoms with E-state index in [1.54, 1.807) is 6.26 Å². The van der Waals surface area contributed by atoms with Gasteiger partial charge in [0.2, 0.25) is 0 Å². The van der Waals surface area contributed by atoms with Crippen LogP contribution in [0.5, 0.6) is 0 Å². The molecule has 24 heavy (non-hydrogen) atoms. The van der Waals surface area contributed by atoms with E-state index in [-0.39, 0.29) is 6.04 Å². The van der Waals surface area contributed by atoms with Crippen molar-refractivity contribution in [2.24, 2.45) is 0 Å². The van der Waals surface area contributed by atoms with Crippen LogP contribution in [0.4, 0.5) is 5.69 Å². The molecule has 0 radical (unpaired) electrons. The molecule has 0 saturated carbocycles. The van der Waals surface area contributed by atoms with Gasteiger partial charge in [-0.25, -0.2) is 0 Å². The molecule has 2 N–H and O–H groups in total. The Hall–Kier alpha value is -1.85. The second kappa shape index (κ2) is 8.31. The van der Waals surface area contributed by atoms with Crippen LogP contribution in [-0.2, 0) is 0 Å². The molecule has 4 nitrogen and oxygen atoms in total. The van der Waals surface area contributed by atoms with Crippen LogP contribution >= 0.6 is 12.2 Å². The number of nitrogens with one attached hydrogen (secondary N) is 2. The maximum Gasteiger partial charge on any atom is 0.170 e. The van der Waals surface area contributed by atoms with Gasteiger partial charge in [0.1, 0.15) is 5.76 Å². The third-order valence-electron chi connectivity index (χ3n) is 4.47. The van der Waals surface area contributed by atoms with Crippen molar-refractivity contribution in [3.63, 3.8) is 0 Å². The van der Waals surface area contributed by atoms with Gasteiger partial charge in [0.05, 0.1) is 12.3 Å². The number of rotatable bonds is 5. The first-order chi connectivity index (χ1) is 11.7. The number of benzene rings is 1. The van der Waals surface area contributed by atoms with Crippen LogP contribution in [0.1, 0.15) is 36.6 Å². The summed E-state index contributed by atoms with van der Waals surface area (Å²) in [4.78, 5) is 2.49. The van der Waals surface area contributed by atoms with E-state index in [1.165, 1.54) is 24.8 Å². The fourth-order valence-corrected chi connectivity index (χ4v) is 3.32. The third kappa shape index (κ3) is 4.58. The predicted molar refractivity (Wildman–Crippen MR) is 102 cm³/mol. The molecular weight excluding hydrogens is 318 g/mol. The molecule has 0 amide bonds. The SMILES string of the molecule is Cc1ccc(NC(=S)NC[C@H](c2ccco2)N2CCCCC2)cc1. The monoisotopic (exact) mass is 343 g/mol. The Bertz CT molecular complexity index is 633. The van der Waals surface area contributed by atoms with Gasteiger partial charge >= 0.3 is 0 Å². The number of anilines is 1. The number of thiocarbonyl (C=S) groups is 1. The van der Waals surface area contributed by atoms with Crippen LogP contribution in [-0.4, -0.2) is 29.6 Å². The summed E-state index contributed by atoms with van der Waals surface area (Å²) in [6.45, 7) is 5.05. The second-order valence-corrected chi connectivity index (χ2v) is 6.74. The lowest BCUT2D eigenvalue weighted by Gasteiger charge is -2.33. The van der Waals surface area contributed by atoms with E-state index in [1.807, 2.05) is 18.2 Å². The van der Waals surface area contributed by atoms with E-state index in [4.69, 9.17) is 16.6 Å². The van der Waals surface area contributed by atoms with Crippen molar-refractivity contribution < 1.29 is 4.42 Å². The Morgan fingerprint density at radius 3 is 2.58 bits per heavy atom. The summed E-state index contributed by atoms with van der Waals surface area (Å²) in [7, 11) is 0. The van der Waals surface area contributed by atoms with E-state index < -0.39 is 0 Å². The number of aryl methyl sites for hydroxylation is 1. The molecule has 0 bridgehead atoms. The zero-order chi connectivity index (χ0) is 16.8.